The molecule has 0 atom stereocenters. The van der Waals surface area contributed by atoms with Crippen molar-refractivity contribution in [2.45, 2.75) is 26.7 Å². The van der Waals surface area contributed by atoms with Gasteiger partial charge in [-0.2, -0.15) is 0 Å². The van der Waals surface area contributed by atoms with Crippen molar-refractivity contribution in [1.82, 2.24) is 0 Å². The van der Waals surface area contributed by atoms with Crippen LogP contribution in [-0.2, 0) is 14.3 Å². The number of rotatable bonds is 8. The third-order valence-electron chi connectivity index (χ3n) is 2.46. The Balaban J connectivity index is 2.46. The number of carbonyl (C=O) groups is 2. The Morgan fingerprint density at radius 2 is 1.95 bits per heavy atom. The van der Waals surface area contributed by atoms with Crippen LogP contribution in [0.1, 0.15) is 37.0 Å². The number of hydrogen-bond acceptors (Lipinski definition) is 5. The SMILES string of the molecule is CCCCOC(=O)COc1cccc(C(=O)OCC)c1. The summed E-state index contributed by atoms with van der Waals surface area (Å²) in [4.78, 5) is 22.9. The molecule has 0 radical (unpaired) electrons. The Morgan fingerprint density at radius 1 is 1.15 bits per heavy atom. The van der Waals surface area contributed by atoms with Crippen molar-refractivity contribution >= 4 is 11.9 Å². The van der Waals surface area contributed by atoms with E-state index in [0.29, 0.717) is 24.5 Å². The maximum atomic E-state index is 11.5. The number of hydrogen-bond donors (Lipinski definition) is 0. The second kappa shape index (κ2) is 8.96. The van der Waals surface area contributed by atoms with Gasteiger partial charge in [-0.15, -0.1) is 0 Å². The molecule has 0 amide bonds. The highest BCUT2D eigenvalue weighted by molar-refractivity contribution is 5.89. The lowest BCUT2D eigenvalue weighted by molar-refractivity contribution is -0.146. The third-order valence-corrected chi connectivity index (χ3v) is 2.46. The smallest absolute Gasteiger partial charge is 0.344 e. The number of unbranched alkanes of at least 4 members (excludes halogenated alkanes) is 1. The quantitative estimate of drug-likeness (QED) is 0.541. The van der Waals surface area contributed by atoms with E-state index in [-0.39, 0.29) is 6.61 Å². The van der Waals surface area contributed by atoms with Crippen LogP contribution in [0.3, 0.4) is 0 Å². The molecule has 0 spiro atoms. The zero-order chi connectivity index (χ0) is 14.8. The van der Waals surface area contributed by atoms with Gasteiger partial charge in [-0.05, 0) is 31.5 Å². The first kappa shape index (κ1) is 16.0. The third kappa shape index (κ3) is 5.73. The molecular formula is C15H20O5. The van der Waals surface area contributed by atoms with E-state index in [2.05, 4.69) is 0 Å². The van der Waals surface area contributed by atoms with Gasteiger partial charge in [-0.1, -0.05) is 19.4 Å². The average molecular weight is 280 g/mol. The van der Waals surface area contributed by atoms with E-state index in [9.17, 15) is 9.59 Å². The van der Waals surface area contributed by atoms with Gasteiger partial charge >= 0.3 is 11.9 Å². The van der Waals surface area contributed by atoms with Gasteiger partial charge in [0.2, 0.25) is 0 Å². The first-order valence-electron chi connectivity index (χ1n) is 6.73. The largest absolute Gasteiger partial charge is 0.482 e. The highest BCUT2D eigenvalue weighted by Crippen LogP contribution is 2.14. The van der Waals surface area contributed by atoms with Gasteiger partial charge in [0.1, 0.15) is 5.75 Å². The maximum absolute atomic E-state index is 11.5. The first-order valence-corrected chi connectivity index (χ1v) is 6.73. The van der Waals surface area contributed by atoms with E-state index in [4.69, 9.17) is 14.2 Å². The van der Waals surface area contributed by atoms with Crippen molar-refractivity contribution in [1.29, 1.82) is 0 Å². The van der Waals surface area contributed by atoms with Gasteiger partial charge in [0, 0.05) is 0 Å². The lowest BCUT2D eigenvalue weighted by Gasteiger charge is -2.08. The predicted molar refractivity (Wildman–Crippen MR) is 73.8 cm³/mol. The van der Waals surface area contributed by atoms with Crippen molar-refractivity contribution in [2.24, 2.45) is 0 Å². The molecule has 0 aliphatic heterocycles. The minimum absolute atomic E-state index is 0.171. The van der Waals surface area contributed by atoms with Gasteiger partial charge < -0.3 is 14.2 Å². The predicted octanol–water partition coefficient (Wildman–Crippen LogP) is 2.59. The highest BCUT2D eigenvalue weighted by atomic mass is 16.6. The molecule has 0 aromatic heterocycles. The van der Waals surface area contributed by atoms with Crippen molar-refractivity contribution < 1.29 is 23.8 Å². The molecule has 0 aliphatic carbocycles. The summed E-state index contributed by atoms with van der Waals surface area (Å²) in [5.41, 5.74) is 0.392. The van der Waals surface area contributed by atoms with Crippen LogP contribution in [0.25, 0.3) is 0 Å². The van der Waals surface area contributed by atoms with Gasteiger partial charge in [0.15, 0.2) is 6.61 Å². The van der Waals surface area contributed by atoms with E-state index in [1.807, 2.05) is 6.92 Å². The highest BCUT2D eigenvalue weighted by Gasteiger charge is 2.09. The Hall–Kier alpha value is -2.04. The molecule has 5 nitrogen and oxygen atoms in total. The van der Waals surface area contributed by atoms with E-state index >= 15 is 0 Å². The van der Waals surface area contributed by atoms with Crippen LogP contribution in [-0.4, -0.2) is 31.8 Å². The summed E-state index contributed by atoms with van der Waals surface area (Å²) in [6, 6.07) is 6.51. The minimum atomic E-state index is -0.417. The Labute approximate surface area is 118 Å². The molecule has 0 saturated carbocycles. The summed E-state index contributed by atoms with van der Waals surface area (Å²) in [6.07, 6.45) is 1.81. The topological polar surface area (TPSA) is 61.8 Å². The van der Waals surface area contributed by atoms with Crippen LogP contribution < -0.4 is 4.74 Å². The first-order chi connectivity index (χ1) is 9.67. The fourth-order valence-corrected chi connectivity index (χ4v) is 1.44. The van der Waals surface area contributed by atoms with Crippen molar-refractivity contribution in [3.63, 3.8) is 0 Å². The number of ether oxygens (including phenoxy) is 3. The zero-order valence-corrected chi connectivity index (χ0v) is 11.9. The molecule has 1 rings (SSSR count). The second-order valence-corrected chi connectivity index (χ2v) is 4.11. The molecule has 0 heterocycles. The van der Waals surface area contributed by atoms with Crippen LogP contribution in [0, 0.1) is 0 Å². The summed E-state index contributed by atoms with van der Waals surface area (Å²) in [7, 11) is 0. The molecule has 20 heavy (non-hydrogen) atoms. The van der Waals surface area contributed by atoms with Crippen LogP contribution in [0.15, 0.2) is 24.3 Å². The van der Waals surface area contributed by atoms with Gasteiger partial charge in [-0.3, -0.25) is 0 Å². The summed E-state index contributed by atoms with van der Waals surface area (Å²) in [6.45, 7) is 4.31. The van der Waals surface area contributed by atoms with E-state index in [0.717, 1.165) is 12.8 Å². The normalized spacial score (nSPS) is 9.90. The van der Waals surface area contributed by atoms with E-state index in [1.54, 1.807) is 25.1 Å². The van der Waals surface area contributed by atoms with Gasteiger partial charge in [-0.25, -0.2) is 9.59 Å². The average Bonchev–Trinajstić information content (AvgIpc) is 2.46. The van der Waals surface area contributed by atoms with Crippen LogP contribution in [0.2, 0.25) is 0 Å². The maximum Gasteiger partial charge on any atom is 0.344 e. The van der Waals surface area contributed by atoms with E-state index < -0.39 is 11.9 Å². The Kier molecular flexibility index (Phi) is 7.17. The molecular weight excluding hydrogens is 260 g/mol. The molecule has 1 aromatic rings. The molecule has 0 saturated heterocycles. The summed E-state index contributed by atoms with van der Waals surface area (Å²) < 4.78 is 15.1. The monoisotopic (exact) mass is 280 g/mol. The van der Waals surface area contributed by atoms with Crippen LogP contribution in [0.4, 0.5) is 0 Å². The lowest BCUT2D eigenvalue weighted by atomic mass is 10.2. The second-order valence-electron chi connectivity index (χ2n) is 4.11. The standard InChI is InChI=1S/C15H20O5/c1-3-5-9-19-14(16)11-20-13-8-6-7-12(10-13)15(17)18-4-2/h6-8,10H,3-5,9,11H2,1-2H3. The zero-order valence-electron chi connectivity index (χ0n) is 11.9. The van der Waals surface area contributed by atoms with Gasteiger partial charge in [0.25, 0.3) is 0 Å². The summed E-state index contributed by atoms with van der Waals surface area (Å²) in [5, 5.41) is 0. The van der Waals surface area contributed by atoms with Crippen molar-refractivity contribution in [3.05, 3.63) is 29.8 Å². The minimum Gasteiger partial charge on any atom is -0.482 e. The molecule has 0 bridgehead atoms. The Bertz CT molecular complexity index is 442. The fraction of sp³-hybridized carbons (Fsp3) is 0.467. The lowest BCUT2D eigenvalue weighted by Crippen LogP contribution is -2.15. The Morgan fingerprint density at radius 3 is 2.65 bits per heavy atom. The molecule has 0 fully saturated rings. The van der Waals surface area contributed by atoms with E-state index in [1.165, 1.54) is 6.07 Å². The molecule has 0 unspecified atom stereocenters. The van der Waals surface area contributed by atoms with Crippen LogP contribution in [0.5, 0.6) is 5.75 Å². The molecule has 110 valence electrons. The summed E-state index contributed by atoms with van der Waals surface area (Å²) >= 11 is 0. The van der Waals surface area contributed by atoms with Crippen molar-refractivity contribution in [3.8, 4) is 5.75 Å². The fourth-order valence-electron chi connectivity index (χ4n) is 1.44. The van der Waals surface area contributed by atoms with Gasteiger partial charge in [0.05, 0.1) is 18.8 Å². The molecule has 0 aliphatic rings. The number of esters is 2. The summed E-state index contributed by atoms with van der Waals surface area (Å²) in [5.74, 6) is -0.397. The number of benzene rings is 1. The van der Waals surface area contributed by atoms with Crippen molar-refractivity contribution in [2.75, 3.05) is 19.8 Å². The molecule has 5 heteroatoms. The molecule has 1 aromatic carbocycles. The molecule has 0 N–H and O–H groups in total. The van der Waals surface area contributed by atoms with Crippen LogP contribution >= 0.6 is 0 Å². The number of carbonyl (C=O) groups excluding carboxylic acids is 2.